The lowest BCUT2D eigenvalue weighted by molar-refractivity contribution is 0.0185. The van der Waals surface area contributed by atoms with E-state index >= 15 is 0 Å². The number of nitrogen functional groups attached to an aromatic ring is 1. The number of anilines is 2. The van der Waals surface area contributed by atoms with Crippen LogP contribution in [0.4, 0.5) is 11.4 Å². The van der Waals surface area contributed by atoms with Crippen molar-refractivity contribution in [2.75, 3.05) is 23.7 Å². The normalized spacial score (nSPS) is 12.2. The Kier molecular flexibility index (Phi) is 10.3. The summed E-state index contributed by atoms with van der Waals surface area (Å²) in [6.45, 7) is 13.6. The molecule has 36 heavy (non-hydrogen) atoms. The van der Waals surface area contributed by atoms with Gasteiger partial charge in [0.2, 0.25) is 0 Å². The number of aliphatic hydroxyl groups is 2. The third-order valence-electron chi connectivity index (χ3n) is 5.63. The van der Waals surface area contributed by atoms with Crippen molar-refractivity contribution in [3.8, 4) is 0 Å². The van der Waals surface area contributed by atoms with Crippen molar-refractivity contribution in [3.63, 3.8) is 0 Å². The van der Waals surface area contributed by atoms with Crippen LogP contribution in [-0.2, 0) is 0 Å². The van der Waals surface area contributed by atoms with Gasteiger partial charge in [0.15, 0.2) is 0 Å². The Labute approximate surface area is 210 Å². The lowest BCUT2D eigenvalue weighted by Gasteiger charge is -2.23. The Balaban J connectivity index is 0.00000109. The van der Waals surface area contributed by atoms with Gasteiger partial charge in [-0.25, -0.2) is 9.59 Å². The fraction of sp³-hybridized carbons (Fsp3) is 0.357. The molecule has 194 valence electrons. The summed E-state index contributed by atoms with van der Waals surface area (Å²) in [5.74, 6) is 0. The van der Waals surface area contributed by atoms with Crippen LogP contribution in [0.3, 0.4) is 0 Å². The second-order valence-corrected chi connectivity index (χ2v) is 7.54. The summed E-state index contributed by atoms with van der Waals surface area (Å²) >= 11 is 0. The van der Waals surface area contributed by atoms with Crippen LogP contribution < -0.4 is 21.9 Å². The van der Waals surface area contributed by atoms with Gasteiger partial charge in [-0.3, -0.25) is 0 Å². The number of aliphatic hydroxyl groups excluding tert-OH is 2. The average Bonchev–Trinajstić information content (AvgIpc) is 2.89. The van der Waals surface area contributed by atoms with Crippen molar-refractivity contribution < 1.29 is 19.0 Å². The second kappa shape index (κ2) is 12.9. The predicted octanol–water partition coefficient (Wildman–Crippen LogP) is 5.15. The monoisotopic (exact) mass is 496 g/mol. The molecule has 2 aromatic heterocycles. The maximum Gasteiger partial charge on any atom is 0.336 e. The molecule has 2 heterocycles. The van der Waals surface area contributed by atoms with Crippen LogP contribution in [0.15, 0.2) is 67.0 Å². The maximum absolute atomic E-state index is 12.2. The first-order chi connectivity index (χ1) is 17.3. The fourth-order valence-corrected chi connectivity index (χ4v) is 4.00. The highest BCUT2D eigenvalue weighted by molar-refractivity contribution is 5.85. The first-order valence-electron chi connectivity index (χ1n) is 12.3. The van der Waals surface area contributed by atoms with E-state index in [-0.39, 0.29) is 16.7 Å². The van der Waals surface area contributed by atoms with Gasteiger partial charge in [-0.1, -0.05) is 27.7 Å². The zero-order valence-electron chi connectivity index (χ0n) is 21.7. The average molecular weight is 497 g/mol. The van der Waals surface area contributed by atoms with Crippen molar-refractivity contribution >= 4 is 33.3 Å². The van der Waals surface area contributed by atoms with Crippen molar-refractivity contribution in [2.45, 2.75) is 53.8 Å². The van der Waals surface area contributed by atoms with E-state index < -0.39 is 23.5 Å². The molecule has 8 nitrogen and oxygen atoms in total. The third kappa shape index (κ3) is 5.95. The van der Waals surface area contributed by atoms with E-state index in [1.54, 1.807) is 24.3 Å². The minimum Gasteiger partial charge on any atom is -0.423 e. The van der Waals surface area contributed by atoms with E-state index in [9.17, 15) is 19.8 Å². The molecule has 2 aromatic carbocycles. The number of nitrogens with zero attached hydrogens (tertiary/aromatic N) is 1. The smallest absolute Gasteiger partial charge is 0.336 e. The lowest BCUT2D eigenvalue weighted by Crippen LogP contribution is -2.21. The van der Waals surface area contributed by atoms with Gasteiger partial charge in [0.25, 0.3) is 0 Å². The maximum atomic E-state index is 12.2. The van der Waals surface area contributed by atoms with Crippen LogP contribution in [-0.4, -0.2) is 23.3 Å². The van der Waals surface area contributed by atoms with E-state index in [0.29, 0.717) is 22.0 Å². The van der Waals surface area contributed by atoms with Gasteiger partial charge in [-0.15, -0.1) is 0 Å². The molecular weight excluding hydrogens is 460 g/mol. The number of hydrogen-bond acceptors (Lipinski definition) is 8. The van der Waals surface area contributed by atoms with Crippen molar-refractivity contribution in [1.29, 1.82) is 0 Å². The molecule has 8 heteroatoms. The molecule has 0 bridgehead atoms. The van der Waals surface area contributed by atoms with Crippen LogP contribution in [0.5, 0.6) is 0 Å². The first kappa shape index (κ1) is 28.6. The molecule has 0 aliphatic rings. The van der Waals surface area contributed by atoms with Crippen molar-refractivity contribution in [1.82, 2.24) is 0 Å². The standard InChI is InChI=1S/C24H24N2O6.2C2H6/c1-3-26(4-2)14-6-8-16-18(12-22(28)32-20(16)10-14)24(30)23(29)17-11-21(27)31-19-9-13(25)5-7-15(17)19;2*1-2/h5-12,23-24,29-30H,3-4,25H2,1-2H3;2*1-2H3. The number of nitrogens with two attached hydrogens (primary N) is 1. The molecule has 0 aliphatic carbocycles. The molecule has 0 saturated heterocycles. The van der Waals surface area contributed by atoms with Gasteiger partial charge in [-0.05, 0) is 38.1 Å². The Morgan fingerprint density at radius 2 is 1.19 bits per heavy atom. The predicted molar refractivity (Wildman–Crippen MR) is 146 cm³/mol. The molecular formula is C28H36N2O6. The highest BCUT2D eigenvalue weighted by atomic mass is 16.4. The number of hydrogen-bond donors (Lipinski definition) is 3. The Hall–Kier alpha value is -3.62. The van der Waals surface area contributed by atoms with Gasteiger partial charge in [0.1, 0.15) is 23.4 Å². The molecule has 0 saturated carbocycles. The minimum absolute atomic E-state index is 0.171. The molecule has 2 unspecified atom stereocenters. The van der Waals surface area contributed by atoms with Crippen LogP contribution in [0.25, 0.3) is 21.9 Å². The summed E-state index contributed by atoms with van der Waals surface area (Å²) in [7, 11) is 0. The van der Waals surface area contributed by atoms with E-state index in [0.717, 1.165) is 30.9 Å². The second-order valence-electron chi connectivity index (χ2n) is 7.54. The van der Waals surface area contributed by atoms with E-state index in [4.69, 9.17) is 14.6 Å². The summed E-state index contributed by atoms with van der Waals surface area (Å²) in [5, 5.41) is 23.0. The van der Waals surface area contributed by atoms with Crippen molar-refractivity contribution in [3.05, 3.63) is 80.5 Å². The summed E-state index contributed by atoms with van der Waals surface area (Å²) in [6.07, 6.45) is -3.00. The van der Waals surface area contributed by atoms with E-state index in [1.807, 2.05) is 47.6 Å². The SMILES string of the molecule is CC.CC.CCN(CC)c1ccc2c(C(O)C(O)c3cc(=O)oc4cc(N)ccc34)cc(=O)oc2c1. The van der Waals surface area contributed by atoms with Gasteiger partial charge >= 0.3 is 11.3 Å². The van der Waals surface area contributed by atoms with Crippen molar-refractivity contribution in [2.24, 2.45) is 0 Å². The van der Waals surface area contributed by atoms with Crippen LogP contribution in [0, 0.1) is 0 Å². The zero-order chi connectivity index (χ0) is 27.0. The van der Waals surface area contributed by atoms with E-state index in [1.165, 1.54) is 6.07 Å². The number of benzene rings is 2. The van der Waals surface area contributed by atoms with Gasteiger partial charge in [-0.2, -0.15) is 0 Å². The minimum atomic E-state index is -1.50. The molecule has 0 radical (unpaired) electrons. The zero-order valence-corrected chi connectivity index (χ0v) is 21.7. The highest BCUT2D eigenvalue weighted by Crippen LogP contribution is 2.36. The van der Waals surface area contributed by atoms with Crippen LogP contribution in [0.1, 0.15) is 64.9 Å². The summed E-state index contributed by atoms with van der Waals surface area (Å²) in [5.41, 5.74) is 6.55. The molecule has 4 rings (SSSR count). The van der Waals surface area contributed by atoms with Crippen LogP contribution in [0.2, 0.25) is 0 Å². The summed E-state index contributed by atoms with van der Waals surface area (Å²) < 4.78 is 10.5. The van der Waals surface area contributed by atoms with Gasteiger partial charge in [0.05, 0.1) is 0 Å². The fourth-order valence-electron chi connectivity index (χ4n) is 4.00. The first-order valence-corrected chi connectivity index (χ1v) is 12.3. The molecule has 0 amide bonds. The molecule has 0 spiro atoms. The molecule has 0 aliphatic heterocycles. The van der Waals surface area contributed by atoms with Gasteiger partial charge < -0.3 is 29.7 Å². The molecule has 0 fully saturated rings. The summed E-state index contributed by atoms with van der Waals surface area (Å²) in [6, 6.07) is 12.3. The highest BCUT2D eigenvalue weighted by Gasteiger charge is 2.26. The Bertz CT molecular complexity index is 1410. The number of rotatable bonds is 6. The summed E-state index contributed by atoms with van der Waals surface area (Å²) in [4.78, 5) is 26.4. The molecule has 4 N–H and O–H groups in total. The Morgan fingerprint density at radius 1 is 0.750 bits per heavy atom. The molecule has 2 atom stereocenters. The third-order valence-corrected chi connectivity index (χ3v) is 5.63. The lowest BCUT2D eigenvalue weighted by atomic mass is 9.94. The molecule has 4 aromatic rings. The van der Waals surface area contributed by atoms with Crippen LogP contribution >= 0.6 is 0 Å². The Morgan fingerprint density at radius 3 is 1.67 bits per heavy atom. The van der Waals surface area contributed by atoms with E-state index in [2.05, 4.69) is 4.90 Å². The van der Waals surface area contributed by atoms with Gasteiger partial charge in [0, 0.05) is 70.6 Å². The topological polar surface area (TPSA) is 130 Å². The largest absolute Gasteiger partial charge is 0.423 e. The number of fused-ring (bicyclic) bond motifs is 2. The quantitative estimate of drug-likeness (QED) is 0.247.